The Labute approximate surface area is 137 Å². The number of benzene rings is 1. The smallest absolute Gasteiger partial charge is 0.150 e. The fraction of sp³-hybridized carbons (Fsp3) is 0.550. The molecule has 1 aromatic carbocycles. The van der Waals surface area contributed by atoms with E-state index in [1.165, 1.54) is 18.4 Å². The first-order chi connectivity index (χ1) is 11.0. The number of ether oxygens (including phenoxy) is 1. The Morgan fingerprint density at radius 1 is 1.39 bits per heavy atom. The monoisotopic (exact) mass is 312 g/mol. The van der Waals surface area contributed by atoms with E-state index in [2.05, 4.69) is 6.08 Å². The summed E-state index contributed by atoms with van der Waals surface area (Å²) in [5.74, 6) is 1.49. The van der Waals surface area contributed by atoms with Crippen LogP contribution in [0.4, 0.5) is 0 Å². The molecule has 0 spiro atoms. The second-order valence-corrected chi connectivity index (χ2v) is 8.09. The van der Waals surface area contributed by atoms with Gasteiger partial charge in [0.25, 0.3) is 0 Å². The Bertz CT molecular complexity index is 661. The van der Waals surface area contributed by atoms with Gasteiger partial charge < -0.3 is 9.84 Å². The Morgan fingerprint density at radius 2 is 2.26 bits per heavy atom. The quantitative estimate of drug-likeness (QED) is 0.668. The summed E-state index contributed by atoms with van der Waals surface area (Å²) in [5, 5.41) is 10.7. The molecule has 0 aromatic heterocycles. The molecule has 0 aliphatic heterocycles. The van der Waals surface area contributed by atoms with Crippen LogP contribution in [-0.2, 0) is 11.3 Å². The lowest BCUT2D eigenvalue weighted by molar-refractivity contribution is -0.0174. The molecule has 4 rings (SSSR count). The minimum atomic E-state index is -0.698. The summed E-state index contributed by atoms with van der Waals surface area (Å²) in [6.45, 7) is 3.16. The third-order valence-electron chi connectivity index (χ3n) is 5.88. The summed E-state index contributed by atoms with van der Waals surface area (Å²) < 4.78 is 6.05. The van der Waals surface area contributed by atoms with Crippen molar-refractivity contribution in [3.63, 3.8) is 0 Å². The Kier molecular flexibility index (Phi) is 3.47. The molecule has 3 heteroatoms. The fourth-order valence-electron chi connectivity index (χ4n) is 5.19. The van der Waals surface area contributed by atoms with Gasteiger partial charge in [-0.15, -0.1) is 0 Å². The van der Waals surface area contributed by atoms with Gasteiger partial charge >= 0.3 is 0 Å². The molecule has 23 heavy (non-hydrogen) atoms. The maximum Gasteiger partial charge on any atom is 0.150 e. The van der Waals surface area contributed by atoms with Crippen molar-refractivity contribution in [2.45, 2.75) is 44.8 Å². The van der Waals surface area contributed by atoms with Crippen LogP contribution in [0.1, 0.15) is 48.5 Å². The van der Waals surface area contributed by atoms with Crippen molar-refractivity contribution < 1.29 is 14.6 Å². The standard InChI is InChI=1S/C20H24O3/c1-19(22)7-16-6-17-8-20(12-19,9-18(16)17)13-23-11-15-4-2-3-14(5-15)10-21/h2-5,7,10,17-18,22H,6,8-9,11-13H2,1H3. The number of hydrogen-bond donors (Lipinski definition) is 1. The second kappa shape index (κ2) is 5.29. The third kappa shape index (κ3) is 2.77. The fourth-order valence-corrected chi connectivity index (χ4v) is 5.19. The van der Waals surface area contributed by atoms with Gasteiger partial charge in [-0.05, 0) is 61.5 Å². The lowest BCUT2D eigenvalue weighted by Crippen LogP contribution is -2.36. The lowest BCUT2D eigenvalue weighted by Gasteiger charge is -2.39. The minimum Gasteiger partial charge on any atom is -0.386 e. The molecule has 122 valence electrons. The van der Waals surface area contributed by atoms with Crippen molar-refractivity contribution in [1.29, 1.82) is 0 Å². The van der Waals surface area contributed by atoms with Crippen molar-refractivity contribution in [2.75, 3.05) is 6.61 Å². The summed E-state index contributed by atoms with van der Waals surface area (Å²) >= 11 is 0. The van der Waals surface area contributed by atoms with Crippen LogP contribution >= 0.6 is 0 Å². The summed E-state index contributed by atoms with van der Waals surface area (Å²) in [5.41, 5.74) is 2.60. The highest BCUT2D eigenvalue weighted by Crippen LogP contribution is 2.63. The van der Waals surface area contributed by atoms with E-state index in [1.54, 1.807) is 6.07 Å². The zero-order valence-electron chi connectivity index (χ0n) is 13.6. The number of aldehydes is 1. The topological polar surface area (TPSA) is 46.5 Å². The number of rotatable bonds is 5. The average Bonchev–Trinajstić information content (AvgIpc) is 2.73. The van der Waals surface area contributed by atoms with Gasteiger partial charge in [0.05, 0.1) is 18.8 Å². The van der Waals surface area contributed by atoms with E-state index in [4.69, 9.17) is 4.74 Å². The van der Waals surface area contributed by atoms with Crippen LogP contribution in [-0.4, -0.2) is 23.6 Å². The van der Waals surface area contributed by atoms with Gasteiger partial charge in [-0.1, -0.05) is 29.8 Å². The van der Waals surface area contributed by atoms with Gasteiger partial charge in [-0.25, -0.2) is 0 Å². The van der Waals surface area contributed by atoms with E-state index in [0.717, 1.165) is 30.6 Å². The summed E-state index contributed by atoms with van der Waals surface area (Å²) in [4.78, 5) is 10.9. The largest absolute Gasteiger partial charge is 0.386 e. The van der Waals surface area contributed by atoms with Crippen molar-refractivity contribution >= 4 is 6.29 Å². The highest BCUT2D eigenvalue weighted by atomic mass is 16.5. The van der Waals surface area contributed by atoms with Gasteiger partial charge in [-0.3, -0.25) is 4.79 Å². The molecule has 4 unspecified atom stereocenters. The molecule has 3 nitrogen and oxygen atoms in total. The molecule has 3 aliphatic rings. The molecule has 2 saturated carbocycles. The van der Waals surface area contributed by atoms with Crippen LogP contribution in [0.2, 0.25) is 0 Å². The Hall–Kier alpha value is -1.45. The van der Waals surface area contributed by atoms with Crippen LogP contribution < -0.4 is 0 Å². The Morgan fingerprint density at radius 3 is 3.09 bits per heavy atom. The molecular weight excluding hydrogens is 288 g/mol. The molecule has 1 aromatic rings. The van der Waals surface area contributed by atoms with E-state index in [-0.39, 0.29) is 5.41 Å². The van der Waals surface area contributed by atoms with Gasteiger partial charge in [0.2, 0.25) is 0 Å². The maximum absolute atomic E-state index is 10.9. The zero-order valence-corrected chi connectivity index (χ0v) is 13.6. The number of fused-ring (bicyclic) bond motifs is 1. The predicted octanol–water partition coefficient (Wildman–Crippen LogP) is 3.51. The van der Waals surface area contributed by atoms with E-state index >= 15 is 0 Å². The summed E-state index contributed by atoms with van der Waals surface area (Å²) in [7, 11) is 0. The van der Waals surface area contributed by atoms with Gasteiger partial charge in [-0.2, -0.15) is 0 Å². The van der Waals surface area contributed by atoms with Crippen molar-refractivity contribution in [3.8, 4) is 0 Å². The highest BCUT2D eigenvalue weighted by molar-refractivity contribution is 5.74. The predicted molar refractivity (Wildman–Crippen MR) is 88.1 cm³/mol. The number of carbonyl (C=O) groups excluding carboxylic acids is 1. The molecule has 2 fully saturated rings. The molecule has 4 atom stereocenters. The van der Waals surface area contributed by atoms with Crippen molar-refractivity contribution in [1.82, 2.24) is 0 Å². The molecule has 0 heterocycles. The molecule has 0 amide bonds. The molecule has 2 bridgehead atoms. The second-order valence-electron chi connectivity index (χ2n) is 8.09. The first-order valence-corrected chi connectivity index (χ1v) is 8.55. The SMILES string of the molecule is CC1(O)C=C2CC3CC(COCc4cccc(C=O)c4)(CC23)C1. The molecule has 0 radical (unpaired) electrons. The van der Waals surface area contributed by atoms with Crippen LogP contribution in [0, 0.1) is 17.3 Å². The summed E-state index contributed by atoms with van der Waals surface area (Å²) in [6.07, 6.45) is 7.29. The van der Waals surface area contributed by atoms with Crippen LogP contribution in [0.15, 0.2) is 35.9 Å². The third-order valence-corrected chi connectivity index (χ3v) is 5.88. The minimum absolute atomic E-state index is 0.107. The molecule has 0 saturated heterocycles. The summed E-state index contributed by atoms with van der Waals surface area (Å²) in [6, 6.07) is 7.57. The van der Waals surface area contributed by atoms with E-state index < -0.39 is 5.60 Å². The number of allylic oxidation sites excluding steroid dienone is 1. The van der Waals surface area contributed by atoms with Gasteiger partial charge in [0.15, 0.2) is 0 Å². The van der Waals surface area contributed by atoms with E-state index in [1.807, 2.05) is 25.1 Å². The van der Waals surface area contributed by atoms with Crippen LogP contribution in [0.3, 0.4) is 0 Å². The molecule has 3 aliphatic carbocycles. The first-order valence-electron chi connectivity index (χ1n) is 8.55. The van der Waals surface area contributed by atoms with E-state index in [9.17, 15) is 9.90 Å². The lowest BCUT2D eigenvalue weighted by atomic mass is 9.69. The van der Waals surface area contributed by atoms with Crippen LogP contribution in [0.5, 0.6) is 0 Å². The van der Waals surface area contributed by atoms with Crippen LogP contribution in [0.25, 0.3) is 0 Å². The number of hydrogen-bond acceptors (Lipinski definition) is 3. The number of carbonyl (C=O) groups is 1. The first kappa shape index (κ1) is 15.1. The van der Waals surface area contributed by atoms with Crippen molar-refractivity contribution in [3.05, 3.63) is 47.0 Å². The number of aliphatic hydroxyl groups is 1. The van der Waals surface area contributed by atoms with Gasteiger partial charge in [0.1, 0.15) is 6.29 Å². The van der Waals surface area contributed by atoms with E-state index in [0.29, 0.717) is 24.7 Å². The molecular formula is C20H24O3. The van der Waals surface area contributed by atoms with Gasteiger partial charge in [0, 0.05) is 5.56 Å². The average molecular weight is 312 g/mol. The zero-order chi connectivity index (χ0) is 16.1. The highest BCUT2D eigenvalue weighted by Gasteiger charge is 2.55. The maximum atomic E-state index is 10.9. The van der Waals surface area contributed by atoms with Crippen molar-refractivity contribution in [2.24, 2.45) is 17.3 Å². The normalized spacial score (nSPS) is 37.7. The molecule has 1 N–H and O–H groups in total. The Balaban J connectivity index is 1.43.